The number of rotatable bonds is 1. The van der Waals surface area contributed by atoms with Crippen LogP contribution in [0.5, 0.6) is 0 Å². The largest absolute Gasteiger partial charge is 0.326 e. The molecule has 88 valence electrons. The number of amides is 2. The summed E-state index contributed by atoms with van der Waals surface area (Å²) in [6.07, 6.45) is 2.70. The summed E-state index contributed by atoms with van der Waals surface area (Å²) in [6.45, 7) is 0. The second-order valence-electron chi connectivity index (χ2n) is 4.69. The predicted octanol–water partition coefficient (Wildman–Crippen LogP) is 1.16. The van der Waals surface area contributed by atoms with Gasteiger partial charge in [0.2, 0.25) is 0 Å². The molecular weight excluding hydrogens is 216 g/mol. The molecule has 1 aromatic rings. The van der Waals surface area contributed by atoms with E-state index in [0.717, 1.165) is 19.3 Å². The van der Waals surface area contributed by atoms with E-state index in [4.69, 9.17) is 5.73 Å². The zero-order chi connectivity index (χ0) is 12.0. The first-order chi connectivity index (χ1) is 8.20. The van der Waals surface area contributed by atoms with Crippen LogP contribution in [0.2, 0.25) is 0 Å². The molecular formula is C13H14N2O2. The number of imide groups is 1. The Kier molecular flexibility index (Phi) is 2.26. The lowest BCUT2D eigenvalue weighted by Gasteiger charge is -2.25. The van der Waals surface area contributed by atoms with Gasteiger partial charge < -0.3 is 5.73 Å². The third-order valence-corrected chi connectivity index (χ3v) is 3.69. The number of nitrogens with two attached hydrogens (primary N) is 1. The molecule has 1 fully saturated rings. The fourth-order valence-electron chi connectivity index (χ4n) is 2.80. The summed E-state index contributed by atoms with van der Waals surface area (Å²) in [6, 6.07) is 6.77. The van der Waals surface area contributed by atoms with Crippen LogP contribution in [0.25, 0.3) is 0 Å². The minimum absolute atomic E-state index is 0.0720. The zero-order valence-corrected chi connectivity index (χ0v) is 9.43. The van der Waals surface area contributed by atoms with Gasteiger partial charge in [0.1, 0.15) is 0 Å². The highest BCUT2D eigenvalue weighted by atomic mass is 16.2. The van der Waals surface area contributed by atoms with Crippen molar-refractivity contribution in [1.29, 1.82) is 0 Å². The predicted molar refractivity (Wildman–Crippen MR) is 62.6 cm³/mol. The third-order valence-electron chi connectivity index (χ3n) is 3.69. The van der Waals surface area contributed by atoms with Gasteiger partial charge in [-0.05, 0) is 31.4 Å². The maximum Gasteiger partial charge on any atom is 0.261 e. The molecule has 1 aliphatic carbocycles. The average molecular weight is 230 g/mol. The second kappa shape index (κ2) is 3.67. The van der Waals surface area contributed by atoms with Crippen LogP contribution in [-0.4, -0.2) is 28.8 Å². The summed E-state index contributed by atoms with van der Waals surface area (Å²) < 4.78 is 0. The molecule has 17 heavy (non-hydrogen) atoms. The summed E-state index contributed by atoms with van der Waals surface area (Å²) in [5.41, 5.74) is 6.99. The molecule has 0 radical (unpaired) electrons. The van der Waals surface area contributed by atoms with Crippen LogP contribution in [0.1, 0.15) is 40.0 Å². The Morgan fingerprint density at radius 1 is 1.06 bits per heavy atom. The molecule has 1 aliphatic heterocycles. The number of carbonyl (C=O) groups is 2. The molecule has 0 unspecified atom stereocenters. The summed E-state index contributed by atoms with van der Waals surface area (Å²) in [7, 11) is 0. The number of fused-ring (bicyclic) bond motifs is 1. The summed E-state index contributed by atoms with van der Waals surface area (Å²) >= 11 is 0. The smallest absolute Gasteiger partial charge is 0.261 e. The monoisotopic (exact) mass is 230 g/mol. The summed E-state index contributed by atoms with van der Waals surface area (Å²) in [5.74, 6) is -0.374. The average Bonchev–Trinajstić information content (AvgIpc) is 2.84. The molecule has 1 saturated carbocycles. The van der Waals surface area contributed by atoms with E-state index in [1.807, 2.05) is 0 Å². The molecule has 2 amide bonds. The van der Waals surface area contributed by atoms with E-state index < -0.39 is 0 Å². The zero-order valence-electron chi connectivity index (χ0n) is 9.43. The fraction of sp³-hybridized carbons (Fsp3) is 0.385. The van der Waals surface area contributed by atoms with Crippen LogP contribution in [0.15, 0.2) is 24.3 Å². The molecule has 0 aromatic heterocycles. The van der Waals surface area contributed by atoms with Crippen LogP contribution < -0.4 is 5.73 Å². The van der Waals surface area contributed by atoms with Crippen molar-refractivity contribution < 1.29 is 9.59 Å². The van der Waals surface area contributed by atoms with Gasteiger partial charge in [-0.25, -0.2) is 0 Å². The van der Waals surface area contributed by atoms with Crippen molar-refractivity contribution in [2.45, 2.75) is 31.3 Å². The van der Waals surface area contributed by atoms with Crippen LogP contribution in [0, 0.1) is 0 Å². The topological polar surface area (TPSA) is 63.4 Å². The maximum atomic E-state index is 12.2. The lowest BCUT2D eigenvalue weighted by molar-refractivity contribution is 0.0575. The Bertz CT molecular complexity index is 463. The highest BCUT2D eigenvalue weighted by molar-refractivity contribution is 6.21. The minimum atomic E-state index is -0.187. The van der Waals surface area contributed by atoms with Crippen LogP contribution >= 0.6 is 0 Å². The van der Waals surface area contributed by atoms with Crippen molar-refractivity contribution in [3.63, 3.8) is 0 Å². The third kappa shape index (κ3) is 1.41. The number of hydrogen-bond donors (Lipinski definition) is 1. The number of benzene rings is 1. The fourth-order valence-corrected chi connectivity index (χ4v) is 2.80. The van der Waals surface area contributed by atoms with Gasteiger partial charge in [0.05, 0.1) is 17.2 Å². The van der Waals surface area contributed by atoms with Crippen molar-refractivity contribution in [3.8, 4) is 0 Å². The van der Waals surface area contributed by atoms with E-state index in [9.17, 15) is 9.59 Å². The quantitative estimate of drug-likeness (QED) is 0.736. The number of carbonyl (C=O) groups excluding carboxylic acids is 2. The Morgan fingerprint density at radius 2 is 1.65 bits per heavy atom. The Labute approximate surface area is 99.4 Å². The van der Waals surface area contributed by atoms with Crippen molar-refractivity contribution >= 4 is 11.8 Å². The molecule has 3 rings (SSSR count). The van der Waals surface area contributed by atoms with Gasteiger partial charge in [-0.3, -0.25) is 14.5 Å². The Balaban J connectivity index is 2.00. The van der Waals surface area contributed by atoms with Gasteiger partial charge in [-0.2, -0.15) is 0 Å². The van der Waals surface area contributed by atoms with Gasteiger partial charge in [0.15, 0.2) is 0 Å². The lowest BCUT2D eigenvalue weighted by Crippen LogP contribution is -2.47. The Hall–Kier alpha value is -1.68. The van der Waals surface area contributed by atoms with E-state index in [1.54, 1.807) is 24.3 Å². The van der Waals surface area contributed by atoms with Gasteiger partial charge in [0, 0.05) is 6.04 Å². The highest BCUT2D eigenvalue weighted by Crippen LogP contribution is 2.30. The molecule has 2 atom stereocenters. The number of hydrogen-bond acceptors (Lipinski definition) is 3. The van der Waals surface area contributed by atoms with Crippen molar-refractivity contribution in [3.05, 3.63) is 35.4 Å². The number of nitrogens with zero attached hydrogens (tertiary/aromatic N) is 1. The molecule has 1 aromatic carbocycles. The minimum Gasteiger partial charge on any atom is -0.326 e. The molecule has 2 aliphatic rings. The molecule has 0 saturated heterocycles. The normalized spacial score (nSPS) is 27.7. The van der Waals surface area contributed by atoms with Gasteiger partial charge in [-0.15, -0.1) is 0 Å². The molecule has 4 nitrogen and oxygen atoms in total. The van der Waals surface area contributed by atoms with Gasteiger partial charge in [-0.1, -0.05) is 12.1 Å². The van der Waals surface area contributed by atoms with Crippen molar-refractivity contribution in [1.82, 2.24) is 4.90 Å². The second-order valence-corrected chi connectivity index (χ2v) is 4.69. The standard InChI is InChI=1S/C13H14N2O2/c14-10-6-3-7-11(10)15-12(16)8-4-1-2-5-9(8)13(15)17/h1-2,4-5,10-11H,3,6-7,14H2/t10-,11+/m0/s1. The van der Waals surface area contributed by atoms with Gasteiger partial charge in [0.25, 0.3) is 11.8 Å². The highest BCUT2D eigenvalue weighted by Gasteiger charge is 2.43. The van der Waals surface area contributed by atoms with E-state index in [1.165, 1.54) is 4.90 Å². The van der Waals surface area contributed by atoms with E-state index in [0.29, 0.717) is 11.1 Å². The van der Waals surface area contributed by atoms with Crippen molar-refractivity contribution in [2.75, 3.05) is 0 Å². The maximum absolute atomic E-state index is 12.2. The summed E-state index contributed by atoms with van der Waals surface area (Å²) in [4.78, 5) is 25.7. The SMILES string of the molecule is N[C@H]1CCC[C@H]1N1C(=O)c2ccccc2C1=O. The van der Waals surface area contributed by atoms with Crippen molar-refractivity contribution in [2.24, 2.45) is 5.73 Å². The van der Waals surface area contributed by atoms with Crippen LogP contribution in [-0.2, 0) is 0 Å². The molecule has 0 bridgehead atoms. The first kappa shape index (κ1) is 10.5. The molecule has 1 heterocycles. The van der Waals surface area contributed by atoms with E-state index in [2.05, 4.69) is 0 Å². The molecule has 2 N–H and O–H groups in total. The van der Waals surface area contributed by atoms with E-state index in [-0.39, 0.29) is 23.9 Å². The summed E-state index contributed by atoms with van der Waals surface area (Å²) in [5, 5.41) is 0. The lowest BCUT2D eigenvalue weighted by atomic mass is 10.1. The Morgan fingerprint density at radius 3 is 2.12 bits per heavy atom. The molecule has 0 spiro atoms. The molecule has 4 heteroatoms. The first-order valence-electron chi connectivity index (χ1n) is 5.92. The van der Waals surface area contributed by atoms with Gasteiger partial charge >= 0.3 is 0 Å². The van der Waals surface area contributed by atoms with E-state index >= 15 is 0 Å². The van der Waals surface area contributed by atoms with Crippen LogP contribution in [0.3, 0.4) is 0 Å². The first-order valence-corrected chi connectivity index (χ1v) is 5.92. The van der Waals surface area contributed by atoms with Crippen LogP contribution in [0.4, 0.5) is 0 Å².